The third-order valence-electron chi connectivity index (χ3n) is 4.49. The zero-order chi connectivity index (χ0) is 17.9. The number of aryl methyl sites for hydroxylation is 2. The summed E-state index contributed by atoms with van der Waals surface area (Å²) in [5.41, 5.74) is 0.933. The van der Waals surface area contributed by atoms with Gasteiger partial charge in [0.05, 0.1) is 4.90 Å². The Hall–Kier alpha value is -1.44. The third-order valence-corrected chi connectivity index (χ3v) is 7.11. The van der Waals surface area contributed by atoms with Gasteiger partial charge in [-0.1, -0.05) is 12.8 Å². The van der Waals surface area contributed by atoms with Crippen LogP contribution in [0.25, 0.3) is 0 Å². The maximum absolute atomic E-state index is 12.5. The molecule has 7 heteroatoms. The van der Waals surface area contributed by atoms with Crippen LogP contribution in [0.5, 0.6) is 0 Å². The van der Waals surface area contributed by atoms with Crippen molar-refractivity contribution in [1.29, 1.82) is 0 Å². The number of sulfonamides is 1. The molecule has 3 rings (SSSR count). The van der Waals surface area contributed by atoms with E-state index < -0.39 is 10.0 Å². The van der Waals surface area contributed by atoms with E-state index in [4.69, 9.17) is 0 Å². The molecular weight excluding hydrogens is 354 g/mol. The molecule has 5 nitrogen and oxygen atoms in total. The zero-order valence-electron chi connectivity index (χ0n) is 14.8. The van der Waals surface area contributed by atoms with Gasteiger partial charge in [-0.05, 0) is 50.5 Å². The van der Waals surface area contributed by atoms with Gasteiger partial charge in [0.2, 0.25) is 10.0 Å². The van der Waals surface area contributed by atoms with Crippen molar-refractivity contribution < 1.29 is 8.42 Å². The Balaban J connectivity index is 1.71. The van der Waals surface area contributed by atoms with Crippen LogP contribution in [0.1, 0.15) is 41.0 Å². The molecule has 1 aliphatic rings. The molecular formula is C18H25N3O2S2. The van der Waals surface area contributed by atoms with Gasteiger partial charge in [-0.25, -0.2) is 18.1 Å². The lowest BCUT2D eigenvalue weighted by atomic mass is 10.2. The van der Waals surface area contributed by atoms with E-state index in [1.54, 1.807) is 12.3 Å². The highest BCUT2D eigenvalue weighted by Crippen LogP contribution is 2.25. The number of pyridine rings is 1. The molecule has 1 fully saturated rings. The first kappa shape index (κ1) is 18.4. The van der Waals surface area contributed by atoms with E-state index in [0.717, 1.165) is 34.2 Å². The maximum Gasteiger partial charge on any atom is 0.241 e. The number of anilines is 1. The minimum Gasteiger partial charge on any atom is -0.357 e. The molecule has 2 aromatic rings. The molecule has 0 amide bonds. The van der Waals surface area contributed by atoms with E-state index in [0.29, 0.717) is 4.90 Å². The molecule has 0 atom stereocenters. The first-order chi connectivity index (χ1) is 12.0. The predicted molar refractivity (Wildman–Crippen MR) is 103 cm³/mol. The lowest BCUT2D eigenvalue weighted by Crippen LogP contribution is -2.26. The van der Waals surface area contributed by atoms with Crippen molar-refractivity contribution in [2.45, 2.75) is 51.0 Å². The number of nitrogens with one attached hydrogen (secondary N) is 1. The van der Waals surface area contributed by atoms with Gasteiger partial charge in [-0.15, -0.1) is 11.3 Å². The van der Waals surface area contributed by atoms with Crippen molar-refractivity contribution in [2.24, 2.45) is 0 Å². The molecule has 3 heterocycles. The van der Waals surface area contributed by atoms with Crippen LogP contribution in [0.2, 0.25) is 0 Å². The molecule has 1 saturated heterocycles. The van der Waals surface area contributed by atoms with E-state index in [-0.39, 0.29) is 6.54 Å². The lowest BCUT2D eigenvalue weighted by Gasteiger charge is -2.21. The van der Waals surface area contributed by atoms with Crippen LogP contribution in [0.3, 0.4) is 0 Å². The van der Waals surface area contributed by atoms with Crippen LogP contribution >= 0.6 is 11.3 Å². The summed E-state index contributed by atoms with van der Waals surface area (Å²) in [5.74, 6) is 0.946. The van der Waals surface area contributed by atoms with Gasteiger partial charge in [-0.3, -0.25) is 0 Å². The number of rotatable bonds is 5. The summed E-state index contributed by atoms with van der Waals surface area (Å²) in [7, 11) is -3.49. The zero-order valence-corrected chi connectivity index (χ0v) is 16.4. The van der Waals surface area contributed by atoms with Crippen LogP contribution in [-0.4, -0.2) is 26.5 Å². The second kappa shape index (κ2) is 7.85. The largest absolute Gasteiger partial charge is 0.357 e. The van der Waals surface area contributed by atoms with Gasteiger partial charge in [0.1, 0.15) is 5.82 Å². The van der Waals surface area contributed by atoms with Crippen molar-refractivity contribution >= 4 is 27.2 Å². The highest BCUT2D eigenvalue weighted by atomic mass is 32.2. The highest BCUT2D eigenvalue weighted by molar-refractivity contribution is 7.89. The molecule has 25 heavy (non-hydrogen) atoms. The summed E-state index contributed by atoms with van der Waals surface area (Å²) in [6, 6.07) is 5.60. The molecule has 0 spiro atoms. The topological polar surface area (TPSA) is 62.3 Å². The molecule has 2 aromatic heterocycles. The Morgan fingerprint density at radius 1 is 1.16 bits per heavy atom. The van der Waals surface area contributed by atoms with Gasteiger partial charge in [0.25, 0.3) is 0 Å². The third kappa shape index (κ3) is 4.59. The van der Waals surface area contributed by atoms with Crippen LogP contribution in [0.4, 0.5) is 5.82 Å². The number of thiophene rings is 1. The molecule has 1 N–H and O–H groups in total. The molecule has 0 unspecified atom stereocenters. The Labute approximate surface area is 154 Å². The fourth-order valence-electron chi connectivity index (χ4n) is 3.17. The minimum absolute atomic E-state index is 0.278. The number of aromatic nitrogens is 1. The summed E-state index contributed by atoms with van der Waals surface area (Å²) in [6.45, 7) is 6.09. The first-order valence-corrected chi connectivity index (χ1v) is 11.0. The van der Waals surface area contributed by atoms with Gasteiger partial charge in [0.15, 0.2) is 0 Å². The fourth-order valence-corrected chi connectivity index (χ4v) is 5.74. The van der Waals surface area contributed by atoms with E-state index >= 15 is 0 Å². The fraction of sp³-hybridized carbons (Fsp3) is 0.500. The van der Waals surface area contributed by atoms with Crippen molar-refractivity contribution in [3.05, 3.63) is 39.7 Å². The molecule has 136 valence electrons. The van der Waals surface area contributed by atoms with Gasteiger partial charge >= 0.3 is 0 Å². The number of hydrogen-bond donors (Lipinski definition) is 1. The van der Waals surface area contributed by atoms with E-state index in [9.17, 15) is 8.42 Å². The summed E-state index contributed by atoms with van der Waals surface area (Å²) in [6.07, 6.45) is 6.69. The molecule has 0 bridgehead atoms. The SMILES string of the molecule is Cc1cc(S(=O)(=O)NCc2ccnc(N3CCCCCC3)c2)c(C)s1. The smallest absolute Gasteiger partial charge is 0.241 e. The van der Waals surface area contributed by atoms with Crippen LogP contribution in [-0.2, 0) is 16.6 Å². The number of hydrogen-bond acceptors (Lipinski definition) is 5. The monoisotopic (exact) mass is 379 g/mol. The van der Waals surface area contributed by atoms with Crippen LogP contribution in [0.15, 0.2) is 29.3 Å². The van der Waals surface area contributed by atoms with E-state index in [1.807, 2.05) is 26.0 Å². The quantitative estimate of drug-likeness (QED) is 0.862. The average Bonchev–Trinajstić information content (AvgIpc) is 2.79. The highest BCUT2D eigenvalue weighted by Gasteiger charge is 2.19. The molecule has 0 aromatic carbocycles. The summed E-state index contributed by atoms with van der Waals surface area (Å²) < 4.78 is 27.8. The second-order valence-corrected chi connectivity index (χ2v) is 9.72. The van der Waals surface area contributed by atoms with Crippen molar-refractivity contribution in [1.82, 2.24) is 9.71 Å². The maximum atomic E-state index is 12.5. The average molecular weight is 380 g/mol. The Morgan fingerprint density at radius 2 is 1.88 bits per heavy atom. The normalized spacial score (nSPS) is 16.0. The molecule has 0 aliphatic carbocycles. The van der Waals surface area contributed by atoms with E-state index in [2.05, 4.69) is 14.6 Å². The number of nitrogens with zero attached hydrogens (tertiary/aromatic N) is 2. The van der Waals surface area contributed by atoms with Crippen LogP contribution in [0, 0.1) is 13.8 Å². The Morgan fingerprint density at radius 3 is 2.52 bits per heavy atom. The summed E-state index contributed by atoms with van der Waals surface area (Å²) >= 11 is 1.51. The standard InChI is InChI=1S/C18H25N3O2S2/c1-14-11-17(15(2)24-14)25(22,23)20-13-16-7-8-19-18(12-16)21-9-5-3-4-6-10-21/h7-8,11-12,20H,3-6,9-10,13H2,1-2H3. The Kier molecular flexibility index (Phi) is 5.76. The second-order valence-electron chi connectivity index (χ2n) is 6.53. The minimum atomic E-state index is -3.49. The lowest BCUT2D eigenvalue weighted by molar-refractivity contribution is 0.581. The van der Waals surface area contributed by atoms with Crippen molar-refractivity contribution in [3.63, 3.8) is 0 Å². The van der Waals surface area contributed by atoms with E-state index in [1.165, 1.54) is 37.0 Å². The van der Waals surface area contributed by atoms with Crippen LogP contribution < -0.4 is 9.62 Å². The van der Waals surface area contributed by atoms with Gasteiger partial charge < -0.3 is 4.90 Å². The summed E-state index contributed by atoms with van der Waals surface area (Å²) in [4.78, 5) is 8.99. The molecule has 0 radical (unpaired) electrons. The molecule has 0 saturated carbocycles. The summed E-state index contributed by atoms with van der Waals surface area (Å²) in [5, 5.41) is 0. The van der Waals surface area contributed by atoms with Crippen molar-refractivity contribution in [3.8, 4) is 0 Å². The van der Waals surface area contributed by atoms with Crippen molar-refractivity contribution in [2.75, 3.05) is 18.0 Å². The van der Waals surface area contributed by atoms with Gasteiger partial charge in [-0.2, -0.15) is 0 Å². The Bertz CT molecular complexity index is 823. The molecule has 1 aliphatic heterocycles. The first-order valence-electron chi connectivity index (χ1n) is 8.72. The van der Waals surface area contributed by atoms with Gasteiger partial charge in [0, 0.05) is 35.6 Å². The predicted octanol–water partition coefficient (Wildman–Crippen LogP) is 3.62.